The zero-order valence-corrected chi connectivity index (χ0v) is 8.04. The molecule has 0 aliphatic heterocycles. The van der Waals surface area contributed by atoms with Crippen LogP contribution in [0.2, 0.25) is 0 Å². The van der Waals surface area contributed by atoms with Crippen LogP contribution in [-0.2, 0) is 4.74 Å². The number of hydrogen-bond acceptors (Lipinski definition) is 3. The van der Waals surface area contributed by atoms with Crippen LogP contribution >= 0.6 is 11.3 Å². The minimum atomic E-state index is 0.975. The molecule has 0 saturated carbocycles. The predicted octanol–water partition coefficient (Wildman–Crippen LogP) is 2.91. The number of para-hydroxylation sites is 1. The van der Waals surface area contributed by atoms with Gasteiger partial charge in [0.15, 0.2) is 0 Å². The van der Waals surface area contributed by atoms with Crippen molar-refractivity contribution in [3.8, 4) is 0 Å². The zero-order valence-electron chi connectivity index (χ0n) is 7.23. The van der Waals surface area contributed by atoms with E-state index < -0.39 is 0 Å². The number of methoxy groups -OCH3 is 1. The Morgan fingerprint density at radius 2 is 2.23 bits per heavy atom. The average molecular weight is 191 g/mol. The second-order valence-corrected chi connectivity index (χ2v) is 3.62. The van der Waals surface area contributed by atoms with Crippen molar-refractivity contribution in [2.24, 2.45) is 0 Å². The molecule has 0 saturated heterocycles. The van der Waals surface area contributed by atoms with Gasteiger partial charge in [-0.05, 0) is 12.1 Å². The Hall–Kier alpha value is -1.35. The molecule has 0 spiro atoms. The summed E-state index contributed by atoms with van der Waals surface area (Å²) in [4.78, 5) is 4.40. The monoisotopic (exact) mass is 191 g/mol. The lowest BCUT2D eigenvalue weighted by Gasteiger charge is -1.82. The molecule has 2 nitrogen and oxygen atoms in total. The summed E-state index contributed by atoms with van der Waals surface area (Å²) in [5.41, 5.74) is 1.04. The molecular formula is C10H9NOS. The van der Waals surface area contributed by atoms with Crippen LogP contribution in [0.5, 0.6) is 0 Å². The lowest BCUT2D eigenvalue weighted by atomic mass is 10.3. The average Bonchev–Trinajstić information content (AvgIpc) is 2.57. The largest absolute Gasteiger partial charge is 0.504 e. The van der Waals surface area contributed by atoms with Crippen LogP contribution in [0.4, 0.5) is 0 Å². The van der Waals surface area contributed by atoms with Crippen molar-refractivity contribution in [3.05, 3.63) is 35.5 Å². The van der Waals surface area contributed by atoms with Crippen molar-refractivity contribution in [3.63, 3.8) is 0 Å². The summed E-state index contributed by atoms with van der Waals surface area (Å²) >= 11 is 1.66. The van der Waals surface area contributed by atoms with Gasteiger partial charge in [-0.25, -0.2) is 4.98 Å². The number of hydrogen-bond donors (Lipinski definition) is 0. The molecule has 0 aliphatic carbocycles. The molecule has 13 heavy (non-hydrogen) atoms. The Balaban J connectivity index is 2.44. The van der Waals surface area contributed by atoms with Crippen molar-refractivity contribution < 1.29 is 4.74 Å². The van der Waals surface area contributed by atoms with Gasteiger partial charge < -0.3 is 4.74 Å². The lowest BCUT2D eigenvalue weighted by molar-refractivity contribution is 0.341. The van der Waals surface area contributed by atoms with Crippen LogP contribution in [0, 0.1) is 0 Å². The number of benzene rings is 1. The number of ether oxygens (including phenoxy) is 1. The molecule has 2 aromatic rings. The molecule has 3 heteroatoms. The Bertz CT molecular complexity index is 400. The summed E-state index contributed by atoms with van der Waals surface area (Å²) in [5.74, 6) is 0. The zero-order chi connectivity index (χ0) is 9.10. The third-order valence-electron chi connectivity index (χ3n) is 1.66. The standard InChI is InChI=1S/C10H9NOS/c1-12-7-6-10-11-8-4-2-3-5-9(8)13-10/h2-7H,1H3. The minimum Gasteiger partial charge on any atom is -0.504 e. The molecule has 0 fully saturated rings. The van der Waals surface area contributed by atoms with Crippen molar-refractivity contribution in [1.82, 2.24) is 4.98 Å². The van der Waals surface area contributed by atoms with Crippen LogP contribution in [-0.4, -0.2) is 12.1 Å². The fourth-order valence-corrected chi connectivity index (χ4v) is 1.95. The quantitative estimate of drug-likeness (QED) is 0.681. The molecule has 0 N–H and O–H groups in total. The van der Waals surface area contributed by atoms with Gasteiger partial charge in [0.2, 0.25) is 0 Å². The Kier molecular flexibility index (Phi) is 2.27. The molecule has 66 valence electrons. The van der Waals surface area contributed by atoms with Crippen LogP contribution in [0.25, 0.3) is 16.3 Å². The van der Waals surface area contributed by atoms with Crippen molar-refractivity contribution in [2.75, 3.05) is 7.11 Å². The molecule has 0 unspecified atom stereocenters. The van der Waals surface area contributed by atoms with E-state index in [1.165, 1.54) is 4.70 Å². The summed E-state index contributed by atoms with van der Waals surface area (Å²) in [6.07, 6.45) is 3.50. The van der Waals surface area contributed by atoms with Crippen LogP contribution in [0.15, 0.2) is 30.5 Å². The molecule has 0 atom stereocenters. The van der Waals surface area contributed by atoms with Gasteiger partial charge in [-0.3, -0.25) is 0 Å². The van der Waals surface area contributed by atoms with Crippen LogP contribution in [0.3, 0.4) is 0 Å². The van der Waals surface area contributed by atoms with Gasteiger partial charge in [-0.15, -0.1) is 11.3 Å². The predicted molar refractivity (Wildman–Crippen MR) is 55.7 cm³/mol. The van der Waals surface area contributed by atoms with E-state index in [1.54, 1.807) is 24.7 Å². The van der Waals surface area contributed by atoms with Crippen molar-refractivity contribution >= 4 is 27.6 Å². The first kappa shape index (κ1) is 8.26. The maximum Gasteiger partial charge on any atom is 0.120 e. The SMILES string of the molecule is COC=Cc1nc2ccccc2s1. The summed E-state index contributed by atoms with van der Waals surface area (Å²) in [5, 5.41) is 0.975. The number of rotatable bonds is 2. The molecule has 0 amide bonds. The topological polar surface area (TPSA) is 22.1 Å². The summed E-state index contributed by atoms with van der Waals surface area (Å²) < 4.78 is 6.03. The highest BCUT2D eigenvalue weighted by molar-refractivity contribution is 7.19. The fraction of sp³-hybridized carbons (Fsp3) is 0.100. The van der Waals surface area contributed by atoms with E-state index in [1.807, 2.05) is 24.3 Å². The maximum atomic E-state index is 4.83. The van der Waals surface area contributed by atoms with Crippen LogP contribution in [0.1, 0.15) is 5.01 Å². The number of fused-ring (bicyclic) bond motifs is 1. The van der Waals surface area contributed by atoms with E-state index in [0.29, 0.717) is 0 Å². The third-order valence-corrected chi connectivity index (χ3v) is 2.66. The van der Waals surface area contributed by atoms with E-state index in [4.69, 9.17) is 4.74 Å². The van der Waals surface area contributed by atoms with Gasteiger partial charge in [0.25, 0.3) is 0 Å². The summed E-state index contributed by atoms with van der Waals surface area (Å²) in [6.45, 7) is 0. The number of thiazole rings is 1. The summed E-state index contributed by atoms with van der Waals surface area (Å²) in [7, 11) is 1.63. The molecule has 1 aromatic heterocycles. The smallest absolute Gasteiger partial charge is 0.120 e. The molecule has 1 aromatic carbocycles. The van der Waals surface area contributed by atoms with Gasteiger partial charge in [0.1, 0.15) is 5.01 Å². The first-order chi connectivity index (χ1) is 6.40. The van der Waals surface area contributed by atoms with Crippen molar-refractivity contribution in [2.45, 2.75) is 0 Å². The van der Waals surface area contributed by atoms with E-state index in [2.05, 4.69) is 11.1 Å². The lowest BCUT2D eigenvalue weighted by Crippen LogP contribution is -1.69. The highest BCUT2D eigenvalue weighted by Gasteiger charge is 1.98. The van der Waals surface area contributed by atoms with Gasteiger partial charge in [-0.2, -0.15) is 0 Å². The van der Waals surface area contributed by atoms with E-state index >= 15 is 0 Å². The Morgan fingerprint density at radius 3 is 3.00 bits per heavy atom. The highest BCUT2D eigenvalue weighted by Crippen LogP contribution is 2.22. The number of nitrogens with zero attached hydrogens (tertiary/aromatic N) is 1. The van der Waals surface area contributed by atoms with Gasteiger partial charge >= 0.3 is 0 Å². The number of aromatic nitrogens is 1. The Morgan fingerprint density at radius 1 is 1.38 bits per heavy atom. The van der Waals surface area contributed by atoms with Crippen molar-refractivity contribution in [1.29, 1.82) is 0 Å². The fourth-order valence-electron chi connectivity index (χ4n) is 1.09. The molecule has 0 bridgehead atoms. The Labute approximate surface area is 80.5 Å². The molecule has 0 aliphatic rings. The van der Waals surface area contributed by atoms with E-state index in [0.717, 1.165) is 10.5 Å². The molecule has 1 heterocycles. The minimum absolute atomic E-state index is 0.975. The first-order valence-corrected chi connectivity index (χ1v) is 4.77. The third kappa shape index (κ3) is 1.70. The first-order valence-electron chi connectivity index (χ1n) is 3.95. The van der Waals surface area contributed by atoms with Gasteiger partial charge in [0.05, 0.1) is 23.6 Å². The molecular weight excluding hydrogens is 182 g/mol. The normalized spacial score (nSPS) is 11.2. The molecule has 0 radical (unpaired) electrons. The highest BCUT2D eigenvalue weighted by atomic mass is 32.1. The van der Waals surface area contributed by atoms with Gasteiger partial charge in [0, 0.05) is 6.08 Å². The summed E-state index contributed by atoms with van der Waals surface area (Å²) in [6, 6.07) is 8.09. The maximum absolute atomic E-state index is 4.83. The van der Waals surface area contributed by atoms with Crippen LogP contribution < -0.4 is 0 Å². The molecule has 2 rings (SSSR count). The second kappa shape index (κ2) is 3.58. The second-order valence-electron chi connectivity index (χ2n) is 2.56. The van der Waals surface area contributed by atoms with E-state index in [9.17, 15) is 0 Å². The van der Waals surface area contributed by atoms with Gasteiger partial charge in [-0.1, -0.05) is 12.1 Å². The van der Waals surface area contributed by atoms with E-state index in [-0.39, 0.29) is 0 Å².